The molecule has 2 aromatic carbocycles. The Bertz CT molecular complexity index is 668. The molecule has 0 spiro atoms. The van der Waals surface area contributed by atoms with Crippen LogP contribution in [0.5, 0.6) is 5.75 Å². The van der Waals surface area contributed by atoms with Crippen LogP contribution in [0, 0.1) is 0 Å². The average molecular weight is 354 g/mol. The van der Waals surface area contributed by atoms with Gasteiger partial charge in [0.15, 0.2) is 0 Å². The largest absolute Gasteiger partial charge is 0.494 e. The fourth-order valence-corrected chi connectivity index (χ4v) is 2.72. The van der Waals surface area contributed by atoms with Gasteiger partial charge in [-0.05, 0) is 42.7 Å². The van der Waals surface area contributed by atoms with E-state index in [0.29, 0.717) is 12.8 Å². The predicted molar refractivity (Wildman–Crippen MR) is 109 cm³/mol. The zero-order valence-corrected chi connectivity index (χ0v) is 15.7. The van der Waals surface area contributed by atoms with Crippen LogP contribution in [0.25, 0.3) is 0 Å². The van der Waals surface area contributed by atoms with Crippen molar-refractivity contribution in [2.45, 2.75) is 51.9 Å². The summed E-state index contributed by atoms with van der Waals surface area (Å²) in [5.41, 5.74) is 8.29. The maximum Gasteiger partial charge on any atom is 0.224 e. The second-order valence-electron chi connectivity index (χ2n) is 6.58. The number of carbonyl (C=O) groups excluding carboxylic acids is 1. The maximum atomic E-state index is 12.1. The highest BCUT2D eigenvalue weighted by molar-refractivity contribution is 5.91. The normalized spacial score (nSPS) is 10.5. The Labute approximate surface area is 156 Å². The molecule has 0 fully saturated rings. The molecule has 0 saturated carbocycles. The molecule has 4 heteroatoms. The van der Waals surface area contributed by atoms with Gasteiger partial charge in [0.2, 0.25) is 5.91 Å². The molecule has 0 atom stereocenters. The molecule has 0 radical (unpaired) electrons. The van der Waals surface area contributed by atoms with Crippen molar-refractivity contribution in [2.75, 3.05) is 17.7 Å². The molecule has 0 aliphatic carbocycles. The first-order chi connectivity index (χ1) is 12.7. The molecule has 0 aliphatic heterocycles. The summed E-state index contributed by atoms with van der Waals surface area (Å²) in [5.74, 6) is 0.801. The third-order valence-corrected chi connectivity index (χ3v) is 4.25. The number of hydrogen-bond acceptors (Lipinski definition) is 3. The van der Waals surface area contributed by atoms with Crippen LogP contribution in [0.15, 0.2) is 48.5 Å². The number of aryl methyl sites for hydroxylation is 1. The Morgan fingerprint density at radius 3 is 2.58 bits per heavy atom. The van der Waals surface area contributed by atoms with Crippen LogP contribution >= 0.6 is 0 Å². The summed E-state index contributed by atoms with van der Waals surface area (Å²) in [6, 6.07) is 15.2. The zero-order chi connectivity index (χ0) is 18.6. The highest BCUT2D eigenvalue weighted by Gasteiger charge is 2.04. The lowest BCUT2D eigenvalue weighted by Crippen LogP contribution is -2.12. The lowest BCUT2D eigenvalue weighted by atomic mass is 10.1. The fraction of sp³-hybridized carbons (Fsp3) is 0.409. The summed E-state index contributed by atoms with van der Waals surface area (Å²) in [6.07, 6.45) is 7.21. The second kappa shape index (κ2) is 11.2. The van der Waals surface area contributed by atoms with E-state index >= 15 is 0 Å². The first-order valence-electron chi connectivity index (χ1n) is 9.54. The number of ether oxygens (including phenoxy) is 1. The van der Waals surface area contributed by atoms with E-state index in [1.807, 2.05) is 48.5 Å². The van der Waals surface area contributed by atoms with Crippen LogP contribution in [0.1, 0.15) is 51.0 Å². The van der Waals surface area contributed by atoms with Gasteiger partial charge in [0, 0.05) is 23.9 Å². The molecule has 0 unspecified atom stereocenters. The van der Waals surface area contributed by atoms with Gasteiger partial charge in [-0.3, -0.25) is 4.79 Å². The molecule has 26 heavy (non-hydrogen) atoms. The van der Waals surface area contributed by atoms with Gasteiger partial charge in [0.25, 0.3) is 0 Å². The summed E-state index contributed by atoms with van der Waals surface area (Å²) in [4.78, 5) is 12.1. The van der Waals surface area contributed by atoms with Crippen molar-refractivity contribution in [3.8, 4) is 5.75 Å². The molecule has 0 saturated heterocycles. The number of rotatable bonds is 11. The number of nitrogens with two attached hydrogens (primary N) is 1. The zero-order valence-electron chi connectivity index (χ0n) is 15.7. The standard InChI is InChI=1S/C22H30N2O2/c1-2-3-4-5-6-16-26-21-9-7-8-20(17-21)24-22(25)15-12-18-10-13-19(23)14-11-18/h7-11,13-14,17H,2-6,12,15-16,23H2,1H3,(H,24,25). The van der Waals surface area contributed by atoms with E-state index in [2.05, 4.69) is 12.2 Å². The van der Waals surface area contributed by atoms with Crippen molar-refractivity contribution >= 4 is 17.3 Å². The summed E-state index contributed by atoms with van der Waals surface area (Å²) in [5, 5.41) is 2.94. The molecule has 0 aromatic heterocycles. The van der Waals surface area contributed by atoms with Crippen LogP contribution in [-0.4, -0.2) is 12.5 Å². The highest BCUT2D eigenvalue weighted by Crippen LogP contribution is 2.18. The Morgan fingerprint density at radius 1 is 1.04 bits per heavy atom. The SMILES string of the molecule is CCCCCCCOc1cccc(NC(=O)CCc2ccc(N)cc2)c1. The van der Waals surface area contributed by atoms with Crippen LogP contribution in [0.4, 0.5) is 11.4 Å². The molecule has 4 nitrogen and oxygen atoms in total. The molecule has 0 aliphatic rings. The maximum absolute atomic E-state index is 12.1. The van der Waals surface area contributed by atoms with Crippen LogP contribution < -0.4 is 15.8 Å². The van der Waals surface area contributed by atoms with Gasteiger partial charge in [-0.1, -0.05) is 50.8 Å². The van der Waals surface area contributed by atoms with Crippen molar-refractivity contribution < 1.29 is 9.53 Å². The first-order valence-corrected chi connectivity index (χ1v) is 9.54. The lowest BCUT2D eigenvalue weighted by molar-refractivity contribution is -0.116. The van der Waals surface area contributed by atoms with Gasteiger partial charge in [-0.15, -0.1) is 0 Å². The number of anilines is 2. The van der Waals surface area contributed by atoms with E-state index in [1.54, 1.807) is 0 Å². The lowest BCUT2D eigenvalue weighted by Gasteiger charge is -2.09. The van der Waals surface area contributed by atoms with E-state index in [9.17, 15) is 4.79 Å². The van der Waals surface area contributed by atoms with E-state index in [1.165, 1.54) is 25.7 Å². The van der Waals surface area contributed by atoms with Gasteiger partial charge in [-0.25, -0.2) is 0 Å². The van der Waals surface area contributed by atoms with E-state index < -0.39 is 0 Å². The number of benzene rings is 2. The van der Waals surface area contributed by atoms with E-state index in [-0.39, 0.29) is 5.91 Å². The minimum Gasteiger partial charge on any atom is -0.494 e. The molecule has 140 valence electrons. The summed E-state index contributed by atoms with van der Waals surface area (Å²) >= 11 is 0. The summed E-state index contributed by atoms with van der Waals surface area (Å²) in [7, 11) is 0. The van der Waals surface area contributed by atoms with Gasteiger partial charge < -0.3 is 15.8 Å². The molecule has 1 amide bonds. The van der Waals surface area contributed by atoms with Crippen molar-refractivity contribution in [3.63, 3.8) is 0 Å². The molecular weight excluding hydrogens is 324 g/mol. The Morgan fingerprint density at radius 2 is 1.81 bits per heavy atom. The Hall–Kier alpha value is -2.49. The molecule has 0 heterocycles. The van der Waals surface area contributed by atoms with Crippen LogP contribution in [0.2, 0.25) is 0 Å². The van der Waals surface area contributed by atoms with Gasteiger partial charge in [0.05, 0.1) is 6.61 Å². The number of carbonyl (C=O) groups is 1. The number of nitrogen functional groups attached to an aromatic ring is 1. The molecule has 2 rings (SSSR count). The summed E-state index contributed by atoms with van der Waals surface area (Å²) < 4.78 is 5.79. The van der Waals surface area contributed by atoms with E-state index in [4.69, 9.17) is 10.5 Å². The molecular formula is C22H30N2O2. The number of hydrogen-bond donors (Lipinski definition) is 2. The molecule has 0 bridgehead atoms. The average Bonchev–Trinajstić information content (AvgIpc) is 2.64. The van der Waals surface area contributed by atoms with Crippen molar-refractivity contribution in [1.29, 1.82) is 0 Å². The van der Waals surface area contributed by atoms with Crippen LogP contribution in [0.3, 0.4) is 0 Å². The number of unbranched alkanes of at least 4 members (excludes halogenated alkanes) is 4. The Balaban J connectivity index is 1.72. The van der Waals surface area contributed by atoms with Crippen LogP contribution in [-0.2, 0) is 11.2 Å². The quantitative estimate of drug-likeness (QED) is 0.431. The second-order valence-corrected chi connectivity index (χ2v) is 6.58. The fourth-order valence-electron chi connectivity index (χ4n) is 2.72. The molecule has 2 aromatic rings. The molecule has 3 N–H and O–H groups in total. The third kappa shape index (κ3) is 7.60. The van der Waals surface area contributed by atoms with Gasteiger partial charge >= 0.3 is 0 Å². The van der Waals surface area contributed by atoms with Gasteiger partial charge in [-0.2, -0.15) is 0 Å². The number of nitrogens with one attached hydrogen (secondary N) is 1. The van der Waals surface area contributed by atoms with Crippen molar-refractivity contribution in [2.24, 2.45) is 0 Å². The van der Waals surface area contributed by atoms with Crippen molar-refractivity contribution in [3.05, 3.63) is 54.1 Å². The highest BCUT2D eigenvalue weighted by atomic mass is 16.5. The van der Waals surface area contributed by atoms with Gasteiger partial charge in [0.1, 0.15) is 5.75 Å². The van der Waals surface area contributed by atoms with E-state index in [0.717, 1.165) is 35.7 Å². The topological polar surface area (TPSA) is 64.3 Å². The monoisotopic (exact) mass is 354 g/mol. The minimum atomic E-state index is -0.00135. The predicted octanol–water partition coefficient (Wildman–Crippen LogP) is 5.19. The third-order valence-electron chi connectivity index (χ3n) is 4.25. The first kappa shape index (κ1) is 19.8. The smallest absolute Gasteiger partial charge is 0.224 e. The number of amides is 1. The summed E-state index contributed by atoms with van der Waals surface area (Å²) in [6.45, 7) is 2.93. The minimum absolute atomic E-state index is 0.00135. The Kier molecular flexibility index (Phi) is 8.53. The van der Waals surface area contributed by atoms with Crippen molar-refractivity contribution in [1.82, 2.24) is 0 Å².